The molecule has 2 heterocycles. The van der Waals surface area contributed by atoms with Crippen LogP contribution >= 0.6 is 0 Å². The lowest BCUT2D eigenvalue weighted by Crippen LogP contribution is -2.34. The first-order valence-corrected chi connectivity index (χ1v) is 6.33. The fraction of sp³-hybridized carbons (Fsp3) is 0.357. The highest BCUT2D eigenvalue weighted by Gasteiger charge is 2.56. The van der Waals surface area contributed by atoms with E-state index in [4.69, 9.17) is 4.74 Å². The van der Waals surface area contributed by atoms with E-state index in [1.54, 1.807) is 6.92 Å². The van der Waals surface area contributed by atoms with Crippen molar-refractivity contribution in [3.8, 4) is 0 Å². The van der Waals surface area contributed by atoms with E-state index in [1.165, 1.54) is 25.2 Å². The van der Waals surface area contributed by atoms with Crippen molar-refractivity contribution in [2.24, 2.45) is 4.99 Å². The standard InChI is InChI=1S/C14H13FN2O3/c1-3-20-12-9-5-4-8(15)6-10(9)14(16-12)7-11(18)17(2)13(14)19/h4-6H,3,7H2,1-2H3. The summed E-state index contributed by atoms with van der Waals surface area (Å²) in [6.07, 6.45) is -0.0879. The minimum Gasteiger partial charge on any atom is -0.478 e. The number of nitrogens with zero attached hydrogens (tertiary/aromatic N) is 2. The number of hydrogen-bond acceptors (Lipinski definition) is 4. The Morgan fingerprint density at radius 1 is 1.45 bits per heavy atom. The van der Waals surface area contributed by atoms with Gasteiger partial charge < -0.3 is 4.74 Å². The molecule has 0 radical (unpaired) electrons. The van der Waals surface area contributed by atoms with Gasteiger partial charge in [0.05, 0.1) is 13.0 Å². The van der Waals surface area contributed by atoms with Gasteiger partial charge in [-0.3, -0.25) is 14.5 Å². The number of carbonyl (C=O) groups excluding carboxylic acids is 2. The quantitative estimate of drug-likeness (QED) is 0.724. The fourth-order valence-electron chi connectivity index (χ4n) is 2.69. The number of fused-ring (bicyclic) bond motifs is 2. The lowest BCUT2D eigenvalue weighted by Gasteiger charge is -2.18. The zero-order chi connectivity index (χ0) is 14.5. The van der Waals surface area contributed by atoms with Crippen LogP contribution in [0.15, 0.2) is 23.2 Å². The highest BCUT2D eigenvalue weighted by molar-refractivity contribution is 6.14. The van der Waals surface area contributed by atoms with E-state index in [0.29, 0.717) is 23.6 Å². The summed E-state index contributed by atoms with van der Waals surface area (Å²) < 4.78 is 19.0. The van der Waals surface area contributed by atoms with Gasteiger partial charge in [-0.05, 0) is 25.1 Å². The molecule has 1 spiro atoms. The van der Waals surface area contributed by atoms with Gasteiger partial charge in [-0.2, -0.15) is 0 Å². The number of likely N-dealkylation sites (tertiary alicyclic amines) is 1. The second-order valence-electron chi connectivity index (χ2n) is 4.83. The average molecular weight is 276 g/mol. The molecule has 6 heteroatoms. The number of hydrogen-bond donors (Lipinski definition) is 0. The summed E-state index contributed by atoms with van der Waals surface area (Å²) in [6, 6.07) is 4.08. The SMILES string of the molecule is CCOC1=NC2(CC(=O)N(C)C2=O)c2cc(F)ccc21. The highest BCUT2D eigenvalue weighted by Crippen LogP contribution is 2.44. The lowest BCUT2D eigenvalue weighted by molar-refractivity contribution is -0.138. The molecule has 3 rings (SSSR count). The van der Waals surface area contributed by atoms with E-state index in [0.717, 1.165) is 4.90 Å². The monoisotopic (exact) mass is 276 g/mol. The van der Waals surface area contributed by atoms with Gasteiger partial charge in [0.2, 0.25) is 11.8 Å². The third kappa shape index (κ3) is 1.51. The van der Waals surface area contributed by atoms with Gasteiger partial charge in [-0.15, -0.1) is 0 Å². The van der Waals surface area contributed by atoms with E-state index in [1.807, 2.05) is 0 Å². The van der Waals surface area contributed by atoms with Crippen LogP contribution in [0.5, 0.6) is 0 Å². The van der Waals surface area contributed by atoms with Crippen LogP contribution in [-0.4, -0.2) is 36.3 Å². The number of amides is 2. The van der Waals surface area contributed by atoms with Crippen LogP contribution < -0.4 is 0 Å². The largest absolute Gasteiger partial charge is 0.478 e. The fourth-order valence-corrected chi connectivity index (χ4v) is 2.69. The van der Waals surface area contributed by atoms with Gasteiger partial charge in [0, 0.05) is 18.2 Å². The smallest absolute Gasteiger partial charge is 0.262 e. The van der Waals surface area contributed by atoms with Crippen molar-refractivity contribution in [3.05, 3.63) is 35.1 Å². The van der Waals surface area contributed by atoms with Crippen molar-refractivity contribution in [1.29, 1.82) is 0 Å². The zero-order valence-corrected chi connectivity index (χ0v) is 11.1. The molecule has 0 saturated carbocycles. The molecule has 1 saturated heterocycles. The topological polar surface area (TPSA) is 59.0 Å². The number of imide groups is 1. The summed E-state index contributed by atoms with van der Waals surface area (Å²) in [6.45, 7) is 2.17. The first-order valence-electron chi connectivity index (χ1n) is 6.33. The molecule has 20 heavy (non-hydrogen) atoms. The van der Waals surface area contributed by atoms with Crippen LogP contribution in [0.25, 0.3) is 0 Å². The van der Waals surface area contributed by atoms with Crippen molar-refractivity contribution < 1.29 is 18.7 Å². The van der Waals surface area contributed by atoms with E-state index in [2.05, 4.69) is 4.99 Å². The van der Waals surface area contributed by atoms with Gasteiger partial charge in [-0.25, -0.2) is 9.38 Å². The van der Waals surface area contributed by atoms with Gasteiger partial charge in [-0.1, -0.05) is 0 Å². The molecule has 0 N–H and O–H groups in total. The first-order chi connectivity index (χ1) is 9.49. The maximum absolute atomic E-state index is 13.5. The number of halogens is 1. The van der Waals surface area contributed by atoms with E-state index >= 15 is 0 Å². The molecule has 0 aromatic heterocycles. The maximum atomic E-state index is 13.5. The van der Waals surface area contributed by atoms with Crippen molar-refractivity contribution in [3.63, 3.8) is 0 Å². The third-order valence-electron chi connectivity index (χ3n) is 3.67. The zero-order valence-electron chi connectivity index (χ0n) is 11.1. The molecule has 1 fully saturated rings. The second-order valence-corrected chi connectivity index (χ2v) is 4.83. The predicted molar refractivity (Wildman–Crippen MR) is 68.6 cm³/mol. The molecule has 1 atom stereocenters. The number of benzene rings is 1. The number of rotatable bonds is 1. The molecule has 2 aliphatic heterocycles. The van der Waals surface area contributed by atoms with Crippen LogP contribution in [0.3, 0.4) is 0 Å². The van der Waals surface area contributed by atoms with Gasteiger partial charge in [0.1, 0.15) is 5.82 Å². The Balaban J connectivity index is 2.21. The summed E-state index contributed by atoms with van der Waals surface area (Å²) in [4.78, 5) is 29.5. The maximum Gasteiger partial charge on any atom is 0.262 e. The molecule has 0 bridgehead atoms. The Labute approximate surface area is 115 Å². The lowest BCUT2D eigenvalue weighted by atomic mass is 9.88. The molecule has 0 aliphatic carbocycles. The van der Waals surface area contributed by atoms with Crippen LogP contribution in [0.2, 0.25) is 0 Å². The second kappa shape index (κ2) is 4.13. The van der Waals surface area contributed by atoms with Crippen molar-refractivity contribution >= 4 is 17.7 Å². The van der Waals surface area contributed by atoms with Crippen molar-refractivity contribution in [1.82, 2.24) is 4.90 Å². The minimum atomic E-state index is -1.35. The number of carbonyl (C=O) groups is 2. The summed E-state index contributed by atoms with van der Waals surface area (Å²) in [5.74, 6) is -0.944. The summed E-state index contributed by atoms with van der Waals surface area (Å²) in [5, 5.41) is 0. The van der Waals surface area contributed by atoms with Gasteiger partial charge in [0.25, 0.3) is 5.91 Å². The van der Waals surface area contributed by atoms with Crippen LogP contribution in [0.1, 0.15) is 24.5 Å². The molecule has 2 aliphatic rings. The Hall–Kier alpha value is -2.24. The average Bonchev–Trinajstić information content (AvgIpc) is 2.82. The van der Waals surface area contributed by atoms with Crippen LogP contribution in [0.4, 0.5) is 4.39 Å². The Kier molecular flexibility index (Phi) is 2.64. The molecule has 1 aromatic carbocycles. The first kappa shape index (κ1) is 12.8. The summed E-state index contributed by atoms with van der Waals surface area (Å²) in [5.41, 5.74) is -0.373. The van der Waals surface area contributed by atoms with Crippen molar-refractivity contribution in [2.45, 2.75) is 18.9 Å². The third-order valence-corrected chi connectivity index (χ3v) is 3.67. The number of likely N-dealkylation sites (N-methyl/N-ethyl adjacent to an activating group) is 1. The van der Waals surface area contributed by atoms with Crippen LogP contribution in [0, 0.1) is 5.82 Å². The normalized spacial score (nSPS) is 24.4. The minimum absolute atomic E-state index is 0.0879. The highest BCUT2D eigenvalue weighted by atomic mass is 19.1. The predicted octanol–water partition coefficient (Wildman–Crippen LogP) is 1.21. The molecular weight excluding hydrogens is 263 g/mol. The summed E-state index contributed by atoms with van der Waals surface area (Å²) >= 11 is 0. The number of ether oxygens (including phenoxy) is 1. The molecular formula is C14H13FN2O3. The van der Waals surface area contributed by atoms with E-state index in [-0.39, 0.29) is 12.3 Å². The molecule has 5 nitrogen and oxygen atoms in total. The van der Waals surface area contributed by atoms with Gasteiger partial charge >= 0.3 is 0 Å². The Morgan fingerprint density at radius 3 is 2.80 bits per heavy atom. The summed E-state index contributed by atoms with van der Waals surface area (Å²) in [7, 11) is 1.41. The molecule has 104 valence electrons. The van der Waals surface area contributed by atoms with Crippen LogP contribution in [-0.2, 0) is 19.9 Å². The Morgan fingerprint density at radius 2 is 2.20 bits per heavy atom. The molecule has 1 aromatic rings. The van der Waals surface area contributed by atoms with E-state index < -0.39 is 17.3 Å². The van der Waals surface area contributed by atoms with Crippen molar-refractivity contribution in [2.75, 3.05) is 13.7 Å². The Bertz CT molecular complexity index is 656. The van der Waals surface area contributed by atoms with Gasteiger partial charge in [0.15, 0.2) is 5.54 Å². The number of aliphatic imine (C=N–C) groups is 1. The van der Waals surface area contributed by atoms with E-state index in [9.17, 15) is 14.0 Å². The molecule has 1 unspecified atom stereocenters. The molecule has 2 amide bonds.